The number of esters is 1. The molecule has 1 N–H and O–H groups in total. The van der Waals surface area contributed by atoms with E-state index in [1.165, 1.54) is 30.0 Å². The van der Waals surface area contributed by atoms with Crippen LogP contribution in [0.3, 0.4) is 0 Å². The Balaban J connectivity index is 1.76. The summed E-state index contributed by atoms with van der Waals surface area (Å²) in [5, 5.41) is 14.5. The highest BCUT2D eigenvalue weighted by atomic mass is 19.1. The van der Waals surface area contributed by atoms with Crippen molar-refractivity contribution in [2.24, 2.45) is 0 Å². The van der Waals surface area contributed by atoms with Gasteiger partial charge in [-0.2, -0.15) is 5.10 Å². The molecule has 29 heavy (non-hydrogen) atoms. The molecule has 0 radical (unpaired) electrons. The zero-order chi connectivity index (χ0) is 20.5. The summed E-state index contributed by atoms with van der Waals surface area (Å²) in [5.41, 5.74) is 1.24. The van der Waals surface area contributed by atoms with Gasteiger partial charge in [-0.05, 0) is 37.6 Å². The molecular formula is C20H21FN4O4. The van der Waals surface area contributed by atoms with Gasteiger partial charge in [0.2, 0.25) is 0 Å². The van der Waals surface area contributed by atoms with Crippen molar-refractivity contribution in [3.8, 4) is 5.75 Å². The lowest BCUT2D eigenvalue weighted by Crippen LogP contribution is -2.26. The van der Waals surface area contributed by atoms with Crippen molar-refractivity contribution >= 4 is 17.4 Å². The van der Waals surface area contributed by atoms with Gasteiger partial charge < -0.3 is 19.5 Å². The van der Waals surface area contributed by atoms with Crippen LogP contribution >= 0.6 is 0 Å². The smallest absolute Gasteiger partial charge is 0.343 e. The van der Waals surface area contributed by atoms with Crippen LogP contribution in [0.4, 0.5) is 10.2 Å². The number of rotatable bonds is 5. The van der Waals surface area contributed by atoms with Gasteiger partial charge in [0.25, 0.3) is 0 Å². The van der Waals surface area contributed by atoms with Crippen molar-refractivity contribution in [1.82, 2.24) is 14.6 Å². The molecule has 3 aromatic rings. The van der Waals surface area contributed by atoms with Crippen LogP contribution in [0.1, 0.15) is 35.3 Å². The number of hydrogen-bond donors (Lipinski definition) is 1. The Morgan fingerprint density at radius 3 is 2.97 bits per heavy atom. The number of hydrogen-bond acceptors (Lipinski definition) is 7. The van der Waals surface area contributed by atoms with E-state index in [1.807, 2.05) is 4.90 Å². The van der Waals surface area contributed by atoms with Gasteiger partial charge in [-0.15, -0.1) is 0 Å². The predicted octanol–water partition coefficient (Wildman–Crippen LogP) is 2.37. The molecule has 3 heterocycles. The molecule has 1 unspecified atom stereocenters. The van der Waals surface area contributed by atoms with Crippen LogP contribution in [0.25, 0.3) is 5.65 Å². The summed E-state index contributed by atoms with van der Waals surface area (Å²) in [6.45, 7) is 2.29. The maximum Gasteiger partial charge on any atom is 0.343 e. The number of halogens is 1. The molecule has 0 saturated carbocycles. The number of benzene rings is 1. The van der Waals surface area contributed by atoms with Crippen LogP contribution in [0.5, 0.6) is 5.75 Å². The fourth-order valence-corrected chi connectivity index (χ4v) is 3.70. The number of anilines is 1. The molecule has 1 saturated heterocycles. The second-order valence-corrected chi connectivity index (χ2v) is 6.78. The molecule has 152 valence electrons. The van der Waals surface area contributed by atoms with E-state index in [0.29, 0.717) is 35.7 Å². The Bertz CT molecular complexity index is 1050. The van der Waals surface area contributed by atoms with Gasteiger partial charge in [0.1, 0.15) is 22.9 Å². The van der Waals surface area contributed by atoms with Crippen molar-refractivity contribution in [2.45, 2.75) is 25.5 Å². The van der Waals surface area contributed by atoms with Crippen molar-refractivity contribution in [3.05, 3.63) is 53.6 Å². The Morgan fingerprint density at radius 2 is 2.21 bits per heavy atom. The van der Waals surface area contributed by atoms with E-state index in [-0.39, 0.29) is 24.0 Å². The minimum absolute atomic E-state index is 0.246. The van der Waals surface area contributed by atoms with Crippen LogP contribution in [0.2, 0.25) is 0 Å². The third-order valence-corrected chi connectivity index (χ3v) is 4.97. The first-order chi connectivity index (χ1) is 14.0. The number of fused-ring (bicyclic) bond motifs is 1. The topological polar surface area (TPSA) is 89.2 Å². The molecule has 0 aliphatic carbocycles. The molecule has 1 fully saturated rings. The zero-order valence-corrected chi connectivity index (χ0v) is 16.1. The lowest BCUT2D eigenvalue weighted by atomic mass is 10.0. The van der Waals surface area contributed by atoms with Gasteiger partial charge in [-0.3, -0.25) is 0 Å². The average molecular weight is 400 g/mol. The molecular weight excluding hydrogens is 379 g/mol. The number of carbonyl (C=O) groups excluding carboxylic acids is 1. The molecule has 2 aromatic heterocycles. The number of methoxy groups -OCH3 is 1. The van der Waals surface area contributed by atoms with Crippen molar-refractivity contribution in [3.63, 3.8) is 0 Å². The van der Waals surface area contributed by atoms with Gasteiger partial charge >= 0.3 is 5.97 Å². The number of aliphatic hydroxyl groups is 1. The van der Waals surface area contributed by atoms with Gasteiger partial charge in [0.15, 0.2) is 5.65 Å². The van der Waals surface area contributed by atoms with E-state index in [1.54, 1.807) is 25.3 Å². The summed E-state index contributed by atoms with van der Waals surface area (Å²) in [4.78, 5) is 18.7. The molecule has 9 heteroatoms. The van der Waals surface area contributed by atoms with Gasteiger partial charge in [0, 0.05) is 18.3 Å². The van der Waals surface area contributed by atoms with E-state index < -0.39 is 12.1 Å². The number of nitrogens with zero attached hydrogens (tertiary/aromatic N) is 4. The summed E-state index contributed by atoms with van der Waals surface area (Å²) in [6.07, 6.45) is 2.89. The first kappa shape index (κ1) is 19.1. The highest BCUT2D eigenvalue weighted by Crippen LogP contribution is 2.39. The highest BCUT2D eigenvalue weighted by molar-refractivity contribution is 5.95. The predicted molar refractivity (Wildman–Crippen MR) is 103 cm³/mol. The standard InChI is InChI=1S/C20H21FN4O4/c1-3-29-20(27)15-10-22-25-7-6-18(23-19(15)25)24-11-13(26)9-16(24)14-8-12(21)4-5-17(14)28-2/h4-8,10,13,16,26H,3,9,11H2,1-2H3/t13?,16-/m1/s1. The molecule has 1 aromatic carbocycles. The van der Waals surface area contributed by atoms with E-state index in [9.17, 15) is 14.3 Å². The van der Waals surface area contributed by atoms with Crippen molar-refractivity contribution in [1.29, 1.82) is 0 Å². The largest absolute Gasteiger partial charge is 0.496 e. The summed E-state index contributed by atoms with van der Waals surface area (Å²) in [6, 6.07) is 5.72. The van der Waals surface area contributed by atoms with E-state index in [2.05, 4.69) is 10.1 Å². The van der Waals surface area contributed by atoms with Crippen molar-refractivity contribution < 1.29 is 23.8 Å². The number of carbonyl (C=O) groups is 1. The molecule has 8 nitrogen and oxygen atoms in total. The minimum atomic E-state index is -0.611. The SMILES string of the molecule is CCOC(=O)c1cnn2ccc(N3CC(O)C[C@@H]3c3cc(F)ccc3OC)nc12. The fourth-order valence-electron chi connectivity index (χ4n) is 3.70. The minimum Gasteiger partial charge on any atom is -0.496 e. The van der Waals surface area contributed by atoms with Crippen LogP contribution < -0.4 is 9.64 Å². The summed E-state index contributed by atoms with van der Waals surface area (Å²) < 4.78 is 25.9. The Labute approximate surface area is 166 Å². The van der Waals surface area contributed by atoms with Gasteiger partial charge in [0.05, 0.1) is 32.1 Å². The van der Waals surface area contributed by atoms with E-state index in [4.69, 9.17) is 9.47 Å². The van der Waals surface area contributed by atoms with Crippen molar-refractivity contribution in [2.75, 3.05) is 25.2 Å². The number of aliphatic hydroxyl groups excluding tert-OH is 1. The second-order valence-electron chi connectivity index (χ2n) is 6.78. The molecule has 1 aliphatic heterocycles. The maximum absolute atomic E-state index is 13.9. The fraction of sp³-hybridized carbons (Fsp3) is 0.350. The van der Waals surface area contributed by atoms with Gasteiger partial charge in [-0.1, -0.05) is 0 Å². The maximum atomic E-state index is 13.9. The Morgan fingerprint density at radius 1 is 1.38 bits per heavy atom. The second kappa shape index (κ2) is 7.67. The van der Waals surface area contributed by atoms with Crippen LogP contribution in [-0.4, -0.2) is 52.0 Å². The third kappa shape index (κ3) is 3.49. The summed E-state index contributed by atoms with van der Waals surface area (Å²) in [5.74, 6) is 0.187. The average Bonchev–Trinajstić information content (AvgIpc) is 3.31. The summed E-state index contributed by atoms with van der Waals surface area (Å²) >= 11 is 0. The van der Waals surface area contributed by atoms with E-state index in [0.717, 1.165) is 0 Å². The van der Waals surface area contributed by atoms with Crippen LogP contribution in [-0.2, 0) is 4.74 Å². The zero-order valence-electron chi connectivity index (χ0n) is 16.1. The first-order valence-corrected chi connectivity index (χ1v) is 9.31. The molecule has 0 bridgehead atoms. The monoisotopic (exact) mass is 400 g/mol. The van der Waals surface area contributed by atoms with E-state index >= 15 is 0 Å². The first-order valence-electron chi connectivity index (χ1n) is 9.31. The van der Waals surface area contributed by atoms with Crippen LogP contribution in [0.15, 0.2) is 36.7 Å². The summed E-state index contributed by atoms with van der Waals surface area (Å²) in [7, 11) is 1.52. The number of ether oxygens (including phenoxy) is 2. The third-order valence-electron chi connectivity index (χ3n) is 4.97. The molecule has 0 spiro atoms. The number of β-amino-alcohol motifs (C(OH)–C–C–N with tert-alkyl or cyclic N) is 1. The van der Waals surface area contributed by atoms with Gasteiger partial charge in [-0.25, -0.2) is 18.7 Å². The molecule has 1 aliphatic rings. The highest BCUT2D eigenvalue weighted by Gasteiger charge is 2.35. The lowest BCUT2D eigenvalue weighted by Gasteiger charge is -2.27. The Hall–Kier alpha value is -3.20. The molecule has 0 amide bonds. The van der Waals surface area contributed by atoms with Crippen LogP contribution in [0, 0.1) is 5.82 Å². The number of aromatic nitrogens is 3. The lowest BCUT2D eigenvalue weighted by molar-refractivity contribution is 0.0528. The molecule has 4 rings (SSSR count). The quantitative estimate of drug-likeness (QED) is 0.658. The normalized spacial score (nSPS) is 19.0. The molecule has 2 atom stereocenters. The Kier molecular flexibility index (Phi) is 5.06.